The molecule has 3 rings (SSSR count). The molecule has 0 atom stereocenters. The highest BCUT2D eigenvalue weighted by molar-refractivity contribution is 7.15. The van der Waals surface area contributed by atoms with Gasteiger partial charge in [0.1, 0.15) is 0 Å². The highest BCUT2D eigenvalue weighted by Gasteiger charge is 2.19. The minimum atomic E-state index is 0.211. The first-order chi connectivity index (χ1) is 7.83. The predicted octanol–water partition coefficient (Wildman–Crippen LogP) is 1.56. The lowest BCUT2D eigenvalue weighted by Crippen LogP contribution is -2.29. The lowest BCUT2D eigenvalue weighted by molar-refractivity contribution is -0.129. The van der Waals surface area contributed by atoms with Gasteiger partial charge in [0.2, 0.25) is 5.91 Å². The summed E-state index contributed by atoms with van der Waals surface area (Å²) in [7, 11) is 0. The number of aromatic nitrogens is 2. The van der Waals surface area contributed by atoms with Gasteiger partial charge in [-0.15, -0.1) is 11.3 Å². The summed E-state index contributed by atoms with van der Waals surface area (Å²) >= 11 is 1.59. The number of fused-ring (bicyclic) bond motifs is 1. The van der Waals surface area contributed by atoms with Crippen molar-refractivity contribution in [3.8, 4) is 0 Å². The molecule has 1 aliphatic rings. The van der Waals surface area contributed by atoms with Gasteiger partial charge >= 0.3 is 0 Å². The molecule has 1 fully saturated rings. The zero-order valence-electron chi connectivity index (χ0n) is 8.93. The summed E-state index contributed by atoms with van der Waals surface area (Å²) in [4.78, 5) is 19.2. The van der Waals surface area contributed by atoms with Crippen molar-refractivity contribution in [3.63, 3.8) is 0 Å². The van der Waals surface area contributed by atoms with E-state index in [0.29, 0.717) is 6.42 Å². The van der Waals surface area contributed by atoms with Crippen LogP contribution in [-0.4, -0.2) is 33.3 Å². The molecule has 0 spiro atoms. The number of hydrogen-bond donors (Lipinski definition) is 0. The molecule has 3 heterocycles. The lowest BCUT2D eigenvalue weighted by atomic mass is 10.3. The summed E-state index contributed by atoms with van der Waals surface area (Å²) < 4.78 is 1.97. The van der Waals surface area contributed by atoms with E-state index in [9.17, 15) is 4.79 Å². The molecule has 2 aromatic rings. The molecule has 16 heavy (non-hydrogen) atoms. The van der Waals surface area contributed by atoms with Crippen molar-refractivity contribution < 1.29 is 4.79 Å². The van der Waals surface area contributed by atoms with E-state index in [4.69, 9.17) is 0 Å². The van der Waals surface area contributed by atoms with Crippen molar-refractivity contribution in [2.75, 3.05) is 13.1 Å². The van der Waals surface area contributed by atoms with E-state index in [1.807, 2.05) is 27.1 Å². The molecule has 0 bridgehead atoms. The number of nitrogens with zero attached hydrogens (tertiary/aromatic N) is 3. The van der Waals surface area contributed by atoms with Crippen molar-refractivity contribution >= 4 is 22.2 Å². The summed E-state index contributed by atoms with van der Waals surface area (Å²) in [6.07, 6.45) is 6.64. The molecule has 0 saturated carbocycles. The Labute approximate surface area is 97.5 Å². The summed E-state index contributed by atoms with van der Waals surface area (Å²) in [5.74, 6) is 0.211. The summed E-state index contributed by atoms with van der Waals surface area (Å²) in [6, 6.07) is 0. The van der Waals surface area contributed by atoms with Crippen molar-refractivity contribution in [3.05, 3.63) is 23.5 Å². The molecular weight excluding hydrogens is 222 g/mol. The Kier molecular flexibility index (Phi) is 2.40. The zero-order chi connectivity index (χ0) is 11.0. The Morgan fingerprint density at radius 2 is 2.25 bits per heavy atom. The Balaban J connectivity index is 1.74. The molecule has 1 amide bonds. The van der Waals surface area contributed by atoms with Crippen LogP contribution < -0.4 is 0 Å². The maximum atomic E-state index is 11.9. The highest BCUT2D eigenvalue weighted by Crippen LogP contribution is 2.14. The van der Waals surface area contributed by atoms with Gasteiger partial charge in [0, 0.05) is 30.9 Å². The second-order valence-corrected chi connectivity index (χ2v) is 4.96. The van der Waals surface area contributed by atoms with Gasteiger partial charge in [0.15, 0.2) is 4.96 Å². The van der Waals surface area contributed by atoms with Gasteiger partial charge in [-0.1, -0.05) is 0 Å². The maximum absolute atomic E-state index is 11.9. The van der Waals surface area contributed by atoms with Gasteiger partial charge in [0.05, 0.1) is 12.1 Å². The van der Waals surface area contributed by atoms with Crippen LogP contribution in [0.2, 0.25) is 0 Å². The third kappa shape index (κ3) is 1.71. The van der Waals surface area contributed by atoms with Crippen molar-refractivity contribution in [1.29, 1.82) is 0 Å². The number of imidazole rings is 1. The number of likely N-dealkylation sites (tertiary alicyclic amines) is 1. The standard InChI is InChI=1S/C11H13N3OS/c15-10(13-3-1-2-4-13)7-9-8-14-5-6-16-11(14)12-9/h5-6,8H,1-4,7H2. The third-order valence-electron chi connectivity index (χ3n) is 2.93. The Morgan fingerprint density at radius 3 is 3.00 bits per heavy atom. The molecule has 0 radical (unpaired) electrons. The fraction of sp³-hybridized carbons (Fsp3) is 0.455. The summed E-state index contributed by atoms with van der Waals surface area (Å²) in [5, 5.41) is 1.99. The third-order valence-corrected chi connectivity index (χ3v) is 3.70. The van der Waals surface area contributed by atoms with E-state index in [-0.39, 0.29) is 5.91 Å². The summed E-state index contributed by atoms with van der Waals surface area (Å²) in [6.45, 7) is 1.84. The minimum Gasteiger partial charge on any atom is -0.342 e. The van der Waals surface area contributed by atoms with Crippen LogP contribution in [0.15, 0.2) is 17.8 Å². The van der Waals surface area contributed by atoms with Crippen LogP contribution in [0.4, 0.5) is 0 Å². The van der Waals surface area contributed by atoms with Gasteiger partial charge < -0.3 is 4.90 Å². The van der Waals surface area contributed by atoms with Crippen molar-refractivity contribution in [2.45, 2.75) is 19.3 Å². The van der Waals surface area contributed by atoms with Crippen molar-refractivity contribution in [1.82, 2.24) is 14.3 Å². The van der Waals surface area contributed by atoms with E-state index >= 15 is 0 Å². The smallest absolute Gasteiger partial charge is 0.228 e. The SMILES string of the molecule is O=C(Cc1cn2ccsc2n1)N1CCCC1. The summed E-state index contributed by atoms with van der Waals surface area (Å²) in [5.41, 5.74) is 0.878. The molecular formula is C11H13N3OS. The van der Waals surface area contributed by atoms with Crippen LogP contribution in [0.5, 0.6) is 0 Å². The fourth-order valence-electron chi connectivity index (χ4n) is 2.09. The van der Waals surface area contributed by atoms with Gasteiger partial charge in [-0.2, -0.15) is 0 Å². The van der Waals surface area contributed by atoms with Crippen LogP contribution in [-0.2, 0) is 11.2 Å². The molecule has 1 aliphatic heterocycles. The van der Waals surface area contributed by atoms with E-state index in [2.05, 4.69) is 4.98 Å². The number of thiazole rings is 1. The normalized spacial score (nSPS) is 16.1. The number of carbonyl (C=O) groups excluding carboxylic acids is 1. The largest absolute Gasteiger partial charge is 0.342 e. The quantitative estimate of drug-likeness (QED) is 0.792. The fourth-order valence-corrected chi connectivity index (χ4v) is 2.81. The van der Waals surface area contributed by atoms with Crippen LogP contribution >= 0.6 is 11.3 Å². The van der Waals surface area contributed by atoms with Crippen molar-refractivity contribution in [2.24, 2.45) is 0 Å². The van der Waals surface area contributed by atoms with Crippen LogP contribution in [0.1, 0.15) is 18.5 Å². The first-order valence-electron chi connectivity index (χ1n) is 5.52. The zero-order valence-corrected chi connectivity index (χ0v) is 9.74. The van der Waals surface area contributed by atoms with Crippen LogP contribution in [0, 0.1) is 0 Å². The number of hydrogen-bond acceptors (Lipinski definition) is 3. The minimum absolute atomic E-state index is 0.211. The van der Waals surface area contributed by atoms with E-state index in [1.165, 1.54) is 0 Å². The predicted molar refractivity (Wildman–Crippen MR) is 62.6 cm³/mol. The first kappa shape index (κ1) is 9.84. The van der Waals surface area contributed by atoms with Crippen LogP contribution in [0.3, 0.4) is 0 Å². The van der Waals surface area contributed by atoms with E-state index in [1.54, 1.807) is 11.3 Å². The number of carbonyl (C=O) groups is 1. The Bertz CT molecular complexity index is 482. The average Bonchev–Trinajstić information content (AvgIpc) is 2.91. The van der Waals surface area contributed by atoms with E-state index in [0.717, 1.165) is 36.6 Å². The maximum Gasteiger partial charge on any atom is 0.228 e. The molecule has 0 aromatic carbocycles. The highest BCUT2D eigenvalue weighted by atomic mass is 32.1. The molecule has 84 valence electrons. The monoisotopic (exact) mass is 235 g/mol. The molecule has 5 heteroatoms. The van der Waals surface area contributed by atoms with E-state index < -0.39 is 0 Å². The molecule has 1 saturated heterocycles. The lowest BCUT2D eigenvalue weighted by Gasteiger charge is -2.13. The van der Waals surface area contributed by atoms with Gasteiger partial charge in [-0.3, -0.25) is 9.20 Å². The molecule has 2 aromatic heterocycles. The average molecular weight is 235 g/mol. The Morgan fingerprint density at radius 1 is 1.44 bits per heavy atom. The van der Waals surface area contributed by atoms with Crippen LogP contribution in [0.25, 0.3) is 4.96 Å². The number of amides is 1. The molecule has 0 unspecified atom stereocenters. The topological polar surface area (TPSA) is 37.6 Å². The molecule has 0 aliphatic carbocycles. The van der Waals surface area contributed by atoms with Gasteiger partial charge in [-0.05, 0) is 12.8 Å². The second-order valence-electron chi connectivity index (χ2n) is 4.09. The van der Waals surface area contributed by atoms with Gasteiger partial charge in [-0.25, -0.2) is 4.98 Å². The second kappa shape index (κ2) is 3.90. The van der Waals surface area contributed by atoms with Gasteiger partial charge in [0.25, 0.3) is 0 Å². The molecule has 0 N–H and O–H groups in total. The Hall–Kier alpha value is -1.36. The molecule has 4 nitrogen and oxygen atoms in total. The number of rotatable bonds is 2. The first-order valence-corrected chi connectivity index (χ1v) is 6.40.